The Hall–Kier alpha value is -5.08. The summed E-state index contributed by atoms with van der Waals surface area (Å²) in [5.41, 5.74) is 22.7. The molecule has 8 aromatic rings. The van der Waals surface area contributed by atoms with Crippen molar-refractivity contribution in [2.24, 2.45) is 0 Å². The van der Waals surface area contributed by atoms with Crippen molar-refractivity contribution >= 4 is 63.5 Å². The van der Waals surface area contributed by atoms with Crippen LogP contribution in [0.2, 0.25) is 0 Å². The molecule has 72 heavy (non-hydrogen) atoms. The van der Waals surface area contributed by atoms with Crippen molar-refractivity contribution in [2.75, 3.05) is 0 Å². The van der Waals surface area contributed by atoms with Gasteiger partial charge in [-0.3, -0.25) is 0 Å². The van der Waals surface area contributed by atoms with E-state index in [4.69, 9.17) is 0 Å². The van der Waals surface area contributed by atoms with Gasteiger partial charge in [-0.2, -0.15) is 0 Å². The molecule has 0 radical (unpaired) electrons. The number of halogens is 2. The molecule has 0 fully saturated rings. The predicted octanol–water partition coefficient (Wildman–Crippen LogP) is 17.2. The molecule has 11 rings (SSSR count). The van der Waals surface area contributed by atoms with Crippen LogP contribution in [0.1, 0.15) is 144 Å². The van der Waals surface area contributed by atoms with Crippen LogP contribution in [-0.2, 0) is 27.2 Å². The molecule has 0 N–H and O–H groups in total. The Bertz CT molecular complexity index is 3330. The fourth-order valence-electron chi connectivity index (χ4n) is 13.2. The Morgan fingerprint density at radius 1 is 0.431 bits per heavy atom. The first-order valence-corrected chi connectivity index (χ1v) is 38.0. The molecule has 0 saturated heterocycles. The summed E-state index contributed by atoms with van der Waals surface area (Å²) in [7, 11) is 18.7. The molecule has 0 bridgehead atoms. The van der Waals surface area contributed by atoms with Crippen molar-refractivity contribution in [3.63, 3.8) is 0 Å². The van der Waals surface area contributed by atoms with E-state index < -0.39 is 25.9 Å². The maximum absolute atomic E-state index is 9.84. The fraction of sp³-hybridized carbons (Fsp3) is 0.235. The Kier molecular flexibility index (Phi) is 12.4. The number of allylic oxidation sites excluding steroid dienone is 2. The summed E-state index contributed by atoms with van der Waals surface area (Å²) in [4.78, 5) is 0. The van der Waals surface area contributed by atoms with Gasteiger partial charge in [0.2, 0.25) is 0 Å². The Balaban J connectivity index is 1.32. The van der Waals surface area contributed by atoms with Gasteiger partial charge in [0.25, 0.3) is 0 Å². The first-order valence-electron chi connectivity index (χ1n) is 26.2. The number of fused-ring (bicyclic) bond motifs is 5. The monoisotopic (exact) mass is 1070 g/mol. The second-order valence-corrected chi connectivity index (χ2v) is 46.0. The normalized spacial score (nSPS) is 17.1. The van der Waals surface area contributed by atoms with E-state index in [9.17, 15) is 17.0 Å². The molecule has 3 aliphatic rings. The Morgan fingerprint density at radius 2 is 0.833 bits per heavy atom. The van der Waals surface area contributed by atoms with E-state index in [1.807, 2.05) is 0 Å². The summed E-state index contributed by atoms with van der Waals surface area (Å²) in [6.45, 7) is 23.5. The zero-order chi connectivity index (χ0) is 50.5. The van der Waals surface area contributed by atoms with Crippen molar-refractivity contribution in [1.29, 1.82) is 0 Å². The van der Waals surface area contributed by atoms with Crippen molar-refractivity contribution in [3.8, 4) is 33.4 Å². The number of hydrogen-bond donors (Lipinski definition) is 0. The molecule has 0 spiro atoms. The molecule has 0 aromatic heterocycles. The molecular formula is C68H67Cl2SiZr. The minimum atomic E-state index is -6.13. The van der Waals surface area contributed by atoms with Gasteiger partial charge >= 0.3 is 444 Å². The SMILES string of the molecule is CC(C)c1ccccc1-c1c(C(C)(C)C)ccc2c1C=C(c1ccccc1)[CH]2[Zr]([Cl])([Cl])([c]1cccc2c1[SiH2]c1ccccc1-2)[CH]1C(c2ccccc2)=Cc2c1ccc(C(C)(C)C)c2-c1ccccc1C(C)C. The molecule has 2 unspecified atom stereocenters. The third-order valence-corrected chi connectivity index (χ3v) is 38.9. The first kappa shape index (κ1) is 49.1. The molecular weight excluding hydrogens is 1010 g/mol. The average molecular weight is 1070 g/mol. The molecule has 0 amide bonds. The van der Waals surface area contributed by atoms with Crippen molar-refractivity contribution in [2.45, 2.75) is 99.2 Å². The van der Waals surface area contributed by atoms with E-state index >= 15 is 0 Å². The van der Waals surface area contributed by atoms with Gasteiger partial charge in [0, 0.05) is 0 Å². The van der Waals surface area contributed by atoms with Gasteiger partial charge in [-0.25, -0.2) is 0 Å². The van der Waals surface area contributed by atoms with Gasteiger partial charge in [-0.1, -0.05) is 0 Å². The van der Waals surface area contributed by atoms with Gasteiger partial charge in [-0.05, 0) is 0 Å². The number of rotatable bonds is 9. The fourth-order valence-corrected chi connectivity index (χ4v) is 40.2. The Morgan fingerprint density at radius 3 is 1.28 bits per heavy atom. The maximum atomic E-state index is 9.84. The Labute approximate surface area is 440 Å². The molecule has 2 atom stereocenters. The van der Waals surface area contributed by atoms with E-state index in [0.717, 1.165) is 0 Å². The topological polar surface area (TPSA) is 0 Å². The molecule has 0 saturated carbocycles. The number of hydrogen-bond acceptors (Lipinski definition) is 0. The molecule has 8 aromatic carbocycles. The van der Waals surface area contributed by atoms with Crippen LogP contribution in [0.5, 0.6) is 0 Å². The minimum absolute atomic E-state index is 0.147. The van der Waals surface area contributed by atoms with Crippen molar-refractivity contribution < 1.29 is 16.4 Å². The van der Waals surface area contributed by atoms with Crippen LogP contribution in [0.4, 0.5) is 0 Å². The summed E-state index contributed by atoms with van der Waals surface area (Å²) >= 11 is -6.13. The van der Waals surface area contributed by atoms with E-state index in [0.29, 0.717) is 11.8 Å². The summed E-state index contributed by atoms with van der Waals surface area (Å²) in [6.07, 6.45) is 5.08. The summed E-state index contributed by atoms with van der Waals surface area (Å²) in [5.74, 6) is 0.649. The van der Waals surface area contributed by atoms with E-state index in [1.165, 1.54) is 114 Å². The second-order valence-electron chi connectivity index (χ2n) is 23.6. The van der Waals surface area contributed by atoms with Crippen LogP contribution in [0.25, 0.3) is 56.7 Å². The third-order valence-electron chi connectivity index (χ3n) is 16.4. The molecule has 2 aliphatic carbocycles. The molecule has 1 heterocycles. The molecule has 4 heteroatoms. The van der Waals surface area contributed by atoms with Gasteiger partial charge in [0.15, 0.2) is 0 Å². The van der Waals surface area contributed by atoms with Crippen LogP contribution in [0, 0.1) is 0 Å². The molecule has 1 aliphatic heterocycles. The van der Waals surface area contributed by atoms with Gasteiger partial charge in [-0.15, -0.1) is 0 Å². The standard InChI is InChI=1S/2C28H29.C12H9Si.2ClH.Zr/c2*1-19(2)23-13-9-10-14-24(23)27-25-18-22(20-11-7-6-8-12-20)17-21(25)15-16-26(27)28(3,4)5;1-3-7-11-9(5-1)10-6-2-4-8-12(10)13-11;;;/h2*6-19H,1-5H3;1-7H,13H2;2*1H;/q;;;;;+2/p-2. The van der Waals surface area contributed by atoms with Crippen LogP contribution in [-0.4, -0.2) is 9.52 Å². The summed E-state index contributed by atoms with van der Waals surface area (Å²) in [5, 5.41) is 2.89. The average Bonchev–Trinajstić information content (AvgIpc) is 4.09. The molecule has 361 valence electrons. The van der Waals surface area contributed by atoms with Crippen LogP contribution < -0.4 is 13.6 Å². The van der Waals surface area contributed by atoms with Crippen LogP contribution in [0.3, 0.4) is 0 Å². The van der Waals surface area contributed by atoms with Crippen LogP contribution >= 0.6 is 17.0 Å². The predicted molar refractivity (Wildman–Crippen MR) is 314 cm³/mol. The van der Waals surface area contributed by atoms with E-state index in [2.05, 4.69) is 257 Å². The van der Waals surface area contributed by atoms with Gasteiger partial charge in [0.05, 0.1) is 0 Å². The summed E-state index contributed by atoms with van der Waals surface area (Å²) < 4.78 is 0.604. The van der Waals surface area contributed by atoms with Gasteiger partial charge in [0.1, 0.15) is 0 Å². The van der Waals surface area contributed by atoms with Gasteiger partial charge < -0.3 is 0 Å². The quantitative estimate of drug-likeness (QED) is 0.126. The van der Waals surface area contributed by atoms with E-state index in [1.54, 1.807) is 0 Å². The number of benzene rings is 8. The van der Waals surface area contributed by atoms with Crippen LogP contribution in [0.15, 0.2) is 176 Å². The third kappa shape index (κ3) is 7.84. The molecule has 0 nitrogen and oxygen atoms in total. The first-order chi connectivity index (χ1) is 34.4. The summed E-state index contributed by atoms with van der Waals surface area (Å²) in [6, 6.07) is 66.4. The van der Waals surface area contributed by atoms with Crippen molar-refractivity contribution in [1.82, 2.24) is 0 Å². The second kappa shape index (κ2) is 18.1. The van der Waals surface area contributed by atoms with E-state index in [-0.39, 0.29) is 18.1 Å². The van der Waals surface area contributed by atoms with Crippen molar-refractivity contribution in [3.05, 3.63) is 232 Å². The zero-order valence-electron chi connectivity index (χ0n) is 43.7. The zero-order valence-corrected chi connectivity index (χ0v) is 49.1.